The topological polar surface area (TPSA) is 115 Å². The van der Waals surface area contributed by atoms with Crippen molar-refractivity contribution in [3.8, 4) is 0 Å². The van der Waals surface area contributed by atoms with E-state index < -0.39 is 40.5 Å². The molecule has 7 nitrogen and oxygen atoms in total. The summed E-state index contributed by atoms with van der Waals surface area (Å²) in [5, 5.41) is 30.9. The molecule has 39 heavy (non-hydrogen) atoms. The largest absolute Gasteiger partial charge is 0.544 e. The first-order chi connectivity index (χ1) is 18.6. The first kappa shape index (κ1) is 37.1. The van der Waals surface area contributed by atoms with Gasteiger partial charge in [0.05, 0.1) is 12.5 Å². The molecular formula is C32H59NO6. The second-order valence-corrected chi connectivity index (χ2v) is 11.4. The van der Waals surface area contributed by atoms with Crippen LogP contribution in [0.4, 0.5) is 0 Å². The fourth-order valence-electron chi connectivity index (χ4n) is 5.71. The number of carbonyl (C=O) groups excluding carboxylic acids is 1. The van der Waals surface area contributed by atoms with Crippen LogP contribution >= 0.6 is 0 Å². The zero-order valence-electron chi connectivity index (χ0n) is 25.5. The van der Waals surface area contributed by atoms with Crippen molar-refractivity contribution in [1.29, 1.82) is 0 Å². The van der Waals surface area contributed by atoms with Crippen molar-refractivity contribution in [2.75, 3.05) is 6.54 Å². The molecule has 0 aliphatic carbocycles. The summed E-state index contributed by atoms with van der Waals surface area (Å²) in [7, 11) is 0. The van der Waals surface area contributed by atoms with Crippen molar-refractivity contribution < 1.29 is 34.2 Å². The average Bonchev–Trinajstić information content (AvgIpc) is 2.90. The van der Waals surface area contributed by atoms with Crippen LogP contribution < -0.4 is 5.11 Å². The second-order valence-electron chi connectivity index (χ2n) is 11.4. The molecule has 0 aromatic carbocycles. The highest BCUT2D eigenvalue weighted by atomic mass is 16.4. The molecule has 0 bridgehead atoms. The molecule has 2 N–H and O–H groups in total. The minimum atomic E-state index is -1.42. The van der Waals surface area contributed by atoms with Gasteiger partial charge in [0, 0.05) is 0 Å². The predicted octanol–water partition coefficient (Wildman–Crippen LogP) is 6.88. The van der Waals surface area contributed by atoms with Crippen LogP contribution in [0.15, 0.2) is 12.2 Å². The average molecular weight is 554 g/mol. The molecule has 0 aliphatic rings. The highest BCUT2D eigenvalue weighted by molar-refractivity contribution is 5.76. The van der Waals surface area contributed by atoms with E-state index in [2.05, 4.69) is 19.1 Å². The van der Waals surface area contributed by atoms with E-state index in [0.717, 1.165) is 38.5 Å². The van der Waals surface area contributed by atoms with Gasteiger partial charge < -0.3 is 20.1 Å². The number of rotatable bonds is 27. The van der Waals surface area contributed by atoms with Crippen molar-refractivity contribution in [3.05, 3.63) is 12.2 Å². The maximum absolute atomic E-state index is 11.8. The van der Waals surface area contributed by atoms with E-state index >= 15 is 0 Å². The minimum Gasteiger partial charge on any atom is -0.544 e. The third kappa shape index (κ3) is 15.5. The lowest BCUT2D eigenvalue weighted by Gasteiger charge is -2.49. The van der Waals surface area contributed by atoms with Gasteiger partial charge >= 0.3 is 11.9 Å². The number of unbranched alkanes of at least 4 members (excludes halogenated alkanes) is 17. The number of hydrogen-bond donors (Lipinski definition) is 2. The number of nitrogens with zero attached hydrogens (tertiary/aromatic N) is 1. The fourth-order valence-corrected chi connectivity index (χ4v) is 5.71. The van der Waals surface area contributed by atoms with Gasteiger partial charge in [0.15, 0.2) is 12.1 Å². The molecule has 0 spiro atoms. The maximum atomic E-state index is 11.8. The second kappa shape index (κ2) is 22.9. The summed E-state index contributed by atoms with van der Waals surface area (Å²) >= 11 is 0. The Balaban J connectivity index is 4.07. The van der Waals surface area contributed by atoms with Crippen molar-refractivity contribution in [2.45, 2.75) is 168 Å². The molecule has 3 unspecified atom stereocenters. The van der Waals surface area contributed by atoms with Crippen molar-refractivity contribution >= 4 is 17.9 Å². The molecule has 0 fully saturated rings. The van der Waals surface area contributed by atoms with E-state index in [9.17, 15) is 29.7 Å². The molecule has 3 atom stereocenters. The van der Waals surface area contributed by atoms with Crippen LogP contribution in [-0.2, 0) is 14.4 Å². The van der Waals surface area contributed by atoms with Crippen LogP contribution in [0.5, 0.6) is 0 Å². The van der Waals surface area contributed by atoms with Crippen molar-refractivity contribution in [3.63, 3.8) is 0 Å². The van der Waals surface area contributed by atoms with Crippen LogP contribution in [0, 0.1) is 0 Å². The Hall–Kier alpha value is -1.89. The highest BCUT2D eigenvalue weighted by Crippen LogP contribution is 2.27. The Morgan fingerprint density at radius 1 is 0.590 bits per heavy atom. The quantitative estimate of drug-likeness (QED) is 0.0651. The van der Waals surface area contributed by atoms with Gasteiger partial charge in [-0.15, -0.1) is 0 Å². The summed E-state index contributed by atoms with van der Waals surface area (Å²) in [5.74, 6) is -3.83. The summed E-state index contributed by atoms with van der Waals surface area (Å²) in [4.78, 5) is 35.3. The summed E-state index contributed by atoms with van der Waals surface area (Å²) in [6.07, 6.45) is 27.6. The Labute approximate surface area is 238 Å². The molecule has 228 valence electrons. The lowest BCUT2D eigenvalue weighted by molar-refractivity contribution is -0.969. The molecular weight excluding hydrogens is 494 g/mol. The third-order valence-corrected chi connectivity index (χ3v) is 8.53. The summed E-state index contributed by atoms with van der Waals surface area (Å²) in [5.41, 5.74) is 0. The van der Waals surface area contributed by atoms with E-state index in [4.69, 9.17) is 0 Å². The Bertz CT molecular complexity index is 642. The molecule has 0 radical (unpaired) electrons. The van der Waals surface area contributed by atoms with Crippen LogP contribution in [0.25, 0.3) is 0 Å². The first-order valence-corrected chi connectivity index (χ1v) is 15.8. The van der Waals surface area contributed by atoms with Gasteiger partial charge in [-0.25, -0.2) is 9.59 Å². The van der Waals surface area contributed by atoms with Gasteiger partial charge in [-0.1, -0.05) is 103 Å². The van der Waals surface area contributed by atoms with Gasteiger partial charge in [0.1, 0.15) is 6.04 Å². The molecule has 7 heteroatoms. The smallest absolute Gasteiger partial charge is 0.362 e. The van der Waals surface area contributed by atoms with E-state index in [-0.39, 0.29) is 6.54 Å². The number of aliphatic carboxylic acids is 3. The summed E-state index contributed by atoms with van der Waals surface area (Å²) in [6, 6.07) is -3.57. The number of carbonyl (C=O) groups is 3. The van der Waals surface area contributed by atoms with Gasteiger partial charge in [-0.05, 0) is 59.3 Å². The summed E-state index contributed by atoms with van der Waals surface area (Å²) < 4.78 is -0.545. The Morgan fingerprint density at radius 2 is 0.923 bits per heavy atom. The first-order valence-electron chi connectivity index (χ1n) is 15.8. The van der Waals surface area contributed by atoms with E-state index in [1.54, 1.807) is 0 Å². The van der Waals surface area contributed by atoms with Crippen molar-refractivity contribution in [1.82, 2.24) is 0 Å². The zero-order chi connectivity index (χ0) is 29.5. The van der Waals surface area contributed by atoms with E-state index in [0.29, 0.717) is 6.42 Å². The van der Waals surface area contributed by atoms with Gasteiger partial charge in [-0.2, -0.15) is 0 Å². The molecule has 0 rings (SSSR count). The number of quaternary nitrogens is 1. The Morgan fingerprint density at radius 3 is 1.26 bits per heavy atom. The molecule has 0 amide bonds. The maximum Gasteiger partial charge on any atom is 0.362 e. The highest BCUT2D eigenvalue weighted by Gasteiger charge is 2.50. The SMILES string of the molecule is CCCCCCCCCCCCC/C=C/CCCCCCCC[N+](C(C)C(=O)[O-])(C(C)C(=O)O)C(C)C(=O)O. The third-order valence-electron chi connectivity index (χ3n) is 8.53. The van der Waals surface area contributed by atoms with Crippen LogP contribution in [-0.4, -0.2) is 57.3 Å². The van der Waals surface area contributed by atoms with Crippen molar-refractivity contribution in [2.24, 2.45) is 0 Å². The minimum absolute atomic E-state index is 0.178. The zero-order valence-corrected chi connectivity index (χ0v) is 25.5. The molecule has 0 aliphatic heterocycles. The number of carboxylic acids is 3. The van der Waals surface area contributed by atoms with E-state index in [1.165, 1.54) is 97.8 Å². The van der Waals surface area contributed by atoms with Crippen LogP contribution in [0.2, 0.25) is 0 Å². The number of allylic oxidation sites excluding steroid dienone is 2. The lowest BCUT2D eigenvalue weighted by Crippen LogP contribution is -2.72. The Kier molecular flexibility index (Phi) is 21.8. The lowest BCUT2D eigenvalue weighted by atomic mass is 10.00. The monoisotopic (exact) mass is 553 g/mol. The molecule has 0 saturated heterocycles. The standard InChI is InChI=1S/C32H59NO6/c1-5-6-7-8-9-10-11-12-13-14-15-16-17-18-19-20-21-22-23-24-25-26-33(27(2)30(34)35,28(3)31(36)37)29(4)32(38)39/h17-18,27-29H,5-16,19-26H2,1-4H3,(H2-,34,35,36,37,38,39)/b18-17+. The fraction of sp³-hybridized carbons (Fsp3) is 0.844. The molecule has 0 saturated carbocycles. The predicted molar refractivity (Wildman–Crippen MR) is 156 cm³/mol. The summed E-state index contributed by atoms with van der Waals surface area (Å²) in [6.45, 7) is 6.59. The van der Waals surface area contributed by atoms with E-state index in [1.807, 2.05) is 0 Å². The normalized spacial score (nSPS) is 15.6. The van der Waals surface area contributed by atoms with Gasteiger partial charge in [-0.3, -0.25) is 4.48 Å². The van der Waals surface area contributed by atoms with Gasteiger partial charge in [0.25, 0.3) is 0 Å². The molecule has 0 aromatic rings. The number of hydrogen-bond acceptors (Lipinski definition) is 4. The van der Waals surface area contributed by atoms with Gasteiger partial charge in [0.2, 0.25) is 0 Å². The molecule has 0 aromatic heterocycles. The van der Waals surface area contributed by atoms with Crippen LogP contribution in [0.1, 0.15) is 150 Å². The molecule has 0 heterocycles. The van der Waals surface area contributed by atoms with Crippen LogP contribution in [0.3, 0.4) is 0 Å². The number of carboxylic acid groups (broad SMARTS) is 3.